The first-order valence-electron chi connectivity index (χ1n) is 8.63. The van der Waals surface area contributed by atoms with Crippen LogP contribution in [-0.2, 0) is 12.6 Å². The zero-order valence-corrected chi connectivity index (χ0v) is 15.2. The molecule has 1 aromatic heterocycles. The summed E-state index contributed by atoms with van der Waals surface area (Å²) in [5, 5.41) is 3.68. The zero-order chi connectivity index (χ0) is 19.4. The van der Waals surface area contributed by atoms with Crippen LogP contribution in [0.5, 0.6) is 0 Å². The summed E-state index contributed by atoms with van der Waals surface area (Å²) >= 11 is 0. The van der Waals surface area contributed by atoms with E-state index >= 15 is 0 Å². The highest BCUT2D eigenvalue weighted by atomic mass is 19.4. The fourth-order valence-electron chi connectivity index (χ4n) is 2.88. The minimum absolute atomic E-state index is 0.0930. The monoisotopic (exact) mass is 374 g/mol. The highest BCUT2D eigenvalue weighted by Crippen LogP contribution is 2.30. The summed E-state index contributed by atoms with van der Waals surface area (Å²) in [5.41, 5.74) is 1.44. The second-order valence-corrected chi connectivity index (χ2v) is 6.60. The molecule has 0 radical (unpaired) electrons. The quantitative estimate of drug-likeness (QED) is 0.701. The largest absolute Gasteiger partial charge is 0.451 e. The van der Waals surface area contributed by atoms with Crippen LogP contribution < -0.4 is 5.32 Å². The smallest absolute Gasteiger partial charge is 0.368 e. The number of likely N-dealkylation sites (N-methyl/N-ethyl adjacent to an activating group) is 1. The summed E-state index contributed by atoms with van der Waals surface area (Å²) in [5.74, 6) is -0.930. The van der Waals surface area contributed by atoms with Crippen LogP contribution in [0.3, 0.4) is 0 Å². The summed E-state index contributed by atoms with van der Waals surface area (Å²) in [6.45, 7) is 0.459. The van der Waals surface area contributed by atoms with Crippen molar-refractivity contribution in [3.05, 3.63) is 66.0 Å². The van der Waals surface area contributed by atoms with Gasteiger partial charge in [0, 0.05) is 18.0 Å². The first-order chi connectivity index (χ1) is 12.8. The molecule has 1 atom stereocenters. The zero-order valence-electron chi connectivity index (χ0n) is 15.2. The summed E-state index contributed by atoms with van der Waals surface area (Å²) in [7, 11) is 3.91. The second kappa shape index (κ2) is 7.92. The summed E-state index contributed by atoms with van der Waals surface area (Å²) < 4.78 is 39.4. The number of anilines is 1. The molecule has 0 unspecified atom stereocenters. The Kier molecular flexibility index (Phi) is 5.60. The Balaban J connectivity index is 1.86. The van der Waals surface area contributed by atoms with E-state index in [-0.39, 0.29) is 17.4 Å². The van der Waals surface area contributed by atoms with Crippen molar-refractivity contribution >= 4 is 16.7 Å². The molecule has 3 aromatic rings. The van der Waals surface area contributed by atoms with Crippen molar-refractivity contribution < 1.29 is 13.2 Å². The third kappa shape index (κ3) is 4.74. The van der Waals surface area contributed by atoms with E-state index in [9.17, 15) is 13.2 Å². The molecule has 0 saturated heterocycles. The van der Waals surface area contributed by atoms with Gasteiger partial charge in [-0.1, -0.05) is 42.5 Å². The van der Waals surface area contributed by atoms with E-state index in [2.05, 4.69) is 15.3 Å². The number of aromatic nitrogens is 2. The van der Waals surface area contributed by atoms with Crippen LogP contribution >= 0.6 is 0 Å². The van der Waals surface area contributed by atoms with Gasteiger partial charge in [-0.15, -0.1) is 0 Å². The van der Waals surface area contributed by atoms with Gasteiger partial charge in [-0.3, -0.25) is 0 Å². The summed E-state index contributed by atoms with van der Waals surface area (Å²) in [6, 6.07) is 16.8. The predicted molar refractivity (Wildman–Crippen MR) is 101 cm³/mol. The fraction of sp³-hybridized carbons (Fsp3) is 0.300. The van der Waals surface area contributed by atoms with Gasteiger partial charge < -0.3 is 10.2 Å². The van der Waals surface area contributed by atoms with E-state index in [4.69, 9.17) is 0 Å². The molecule has 142 valence electrons. The van der Waals surface area contributed by atoms with Crippen molar-refractivity contribution in [3.63, 3.8) is 0 Å². The van der Waals surface area contributed by atoms with Crippen LogP contribution in [0.2, 0.25) is 0 Å². The molecule has 0 amide bonds. The Morgan fingerprint density at radius 3 is 2.30 bits per heavy atom. The van der Waals surface area contributed by atoms with E-state index in [1.165, 1.54) is 5.56 Å². The van der Waals surface area contributed by atoms with E-state index < -0.39 is 12.0 Å². The van der Waals surface area contributed by atoms with Crippen LogP contribution in [0.25, 0.3) is 10.9 Å². The van der Waals surface area contributed by atoms with E-state index in [1.807, 2.05) is 49.3 Å². The predicted octanol–water partition coefficient (Wildman–Crippen LogP) is 4.23. The number of hydrogen-bond acceptors (Lipinski definition) is 4. The number of rotatable bonds is 6. The number of hydrogen-bond donors (Lipinski definition) is 1. The maximum atomic E-state index is 13.1. The van der Waals surface area contributed by atoms with Crippen LogP contribution in [-0.4, -0.2) is 41.5 Å². The highest BCUT2D eigenvalue weighted by Gasteiger charge is 2.35. The van der Waals surface area contributed by atoms with Crippen LogP contribution in [0.4, 0.5) is 19.0 Å². The number of fused-ring (bicyclic) bond motifs is 1. The molecule has 3 rings (SSSR count). The van der Waals surface area contributed by atoms with Gasteiger partial charge in [0.1, 0.15) is 5.82 Å². The lowest BCUT2D eigenvalue weighted by Gasteiger charge is -2.25. The molecule has 0 aliphatic rings. The Bertz CT molecular complexity index is 895. The average molecular weight is 374 g/mol. The topological polar surface area (TPSA) is 41.0 Å². The number of nitrogens with one attached hydrogen (secondary N) is 1. The number of para-hydroxylation sites is 1. The molecule has 0 fully saturated rings. The Labute approximate surface area is 156 Å². The molecule has 27 heavy (non-hydrogen) atoms. The number of alkyl halides is 3. The van der Waals surface area contributed by atoms with Gasteiger partial charge in [0.25, 0.3) is 0 Å². The highest BCUT2D eigenvalue weighted by molar-refractivity contribution is 5.89. The van der Waals surface area contributed by atoms with Crippen molar-refractivity contribution in [3.8, 4) is 0 Å². The van der Waals surface area contributed by atoms with Crippen LogP contribution in [0.15, 0.2) is 54.6 Å². The maximum Gasteiger partial charge on any atom is 0.451 e. The van der Waals surface area contributed by atoms with Gasteiger partial charge in [-0.25, -0.2) is 9.97 Å². The number of benzene rings is 2. The number of nitrogens with zero attached hydrogens (tertiary/aromatic N) is 3. The first-order valence-corrected chi connectivity index (χ1v) is 8.63. The van der Waals surface area contributed by atoms with Gasteiger partial charge in [0.05, 0.1) is 5.52 Å². The number of halogens is 3. The normalized spacial score (nSPS) is 13.1. The van der Waals surface area contributed by atoms with E-state index in [1.54, 1.807) is 24.3 Å². The van der Waals surface area contributed by atoms with Crippen molar-refractivity contribution in [2.75, 3.05) is 26.0 Å². The minimum atomic E-state index is -4.59. The van der Waals surface area contributed by atoms with Crippen LogP contribution in [0, 0.1) is 0 Å². The third-order valence-electron chi connectivity index (χ3n) is 4.41. The molecule has 0 saturated carbocycles. The first kappa shape index (κ1) is 19.1. The Morgan fingerprint density at radius 2 is 1.63 bits per heavy atom. The van der Waals surface area contributed by atoms with Gasteiger partial charge in [0.15, 0.2) is 0 Å². The lowest BCUT2D eigenvalue weighted by Crippen LogP contribution is -2.36. The van der Waals surface area contributed by atoms with Crippen molar-refractivity contribution in [1.29, 1.82) is 0 Å². The van der Waals surface area contributed by atoms with Gasteiger partial charge in [0.2, 0.25) is 5.82 Å². The molecule has 4 nitrogen and oxygen atoms in total. The molecule has 1 heterocycles. The lowest BCUT2D eigenvalue weighted by atomic mass is 10.1. The molecular formula is C20H21F3N4. The van der Waals surface area contributed by atoms with Gasteiger partial charge in [-0.2, -0.15) is 13.2 Å². The Hall–Kier alpha value is -2.67. The molecule has 0 bridgehead atoms. The SMILES string of the molecule is CN(C)[C@H](CNc1nc(C(F)(F)F)nc2ccccc12)Cc1ccccc1. The van der Waals surface area contributed by atoms with E-state index in [0.717, 1.165) is 6.42 Å². The summed E-state index contributed by atoms with van der Waals surface area (Å²) in [4.78, 5) is 9.44. The van der Waals surface area contributed by atoms with Gasteiger partial charge >= 0.3 is 6.18 Å². The molecule has 0 aliphatic heterocycles. The molecule has 0 spiro atoms. The van der Waals surface area contributed by atoms with Crippen molar-refractivity contribution in [1.82, 2.24) is 14.9 Å². The molecule has 2 aromatic carbocycles. The minimum Gasteiger partial charge on any atom is -0.368 e. The van der Waals surface area contributed by atoms with Crippen molar-refractivity contribution in [2.24, 2.45) is 0 Å². The molecular weight excluding hydrogens is 353 g/mol. The fourth-order valence-corrected chi connectivity index (χ4v) is 2.88. The molecule has 0 aliphatic carbocycles. The maximum absolute atomic E-state index is 13.1. The summed E-state index contributed by atoms with van der Waals surface area (Å²) in [6.07, 6.45) is -3.82. The van der Waals surface area contributed by atoms with Gasteiger partial charge in [-0.05, 0) is 38.2 Å². The lowest BCUT2D eigenvalue weighted by molar-refractivity contribution is -0.144. The second-order valence-electron chi connectivity index (χ2n) is 6.60. The molecule has 1 N–H and O–H groups in total. The Morgan fingerprint density at radius 1 is 0.963 bits per heavy atom. The van der Waals surface area contributed by atoms with Crippen molar-refractivity contribution in [2.45, 2.75) is 18.6 Å². The third-order valence-corrected chi connectivity index (χ3v) is 4.41. The average Bonchev–Trinajstić information content (AvgIpc) is 2.64. The molecule has 7 heteroatoms. The van der Waals surface area contributed by atoms with E-state index in [0.29, 0.717) is 11.9 Å². The standard InChI is InChI=1S/C20H21F3N4/c1-27(2)15(12-14-8-4-3-5-9-14)13-24-18-16-10-6-7-11-17(16)25-19(26-18)20(21,22)23/h3-11,15H,12-13H2,1-2H3,(H,24,25,26)/t15-/m0/s1. The van der Waals surface area contributed by atoms with Crippen LogP contribution in [0.1, 0.15) is 11.4 Å².